The zero-order valence-corrected chi connectivity index (χ0v) is 8.37. The molecule has 0 aromatic carbocycles. The minimum Gasteiger partial charge on any atom is -0.396 e. The number of hydrogen-bond acceptors (Lipinski definition) is 2. The van der Waals surface area contributed by atoms with Crippen LogP contribution in [0.1, 0.15) is 32.6 Å². The van der Waals surface area contributed by atoms with Gasteiger partial charge >= 0.3 is 0 Å². The first-order valence-electron chi connectivity index (χ1n) is 5.21. The molecule has 2 atom stereocenters. The third kappa shape index (κ3) is 3.12. The second-order valence-electron chi connectivity index (χ2n) is 4.01. The third-order valence-corrected chi connectivity index (χ3v) is 2.72. The predicted molar refractivity (Wildman–Crippen MR) is 53.4 cm³/mol. The molecule has 0 saturated carbocycles. The van der Waals surface area contributed by atoms with Gasteiger partial charge in [0, 0.05) is 19.1 Å². The number of allylic oxidation sites excluding steroid dienone is 1. The average Bonchev–Trinajstić information content (AvgIpc) is 2.17. The van der Waals surface area contributed by atoms with E-state index in [0.717, 1.165) is 25.7 Å². The van der Waals surface area contributed by atoms with E-state index >= 15 is 0 Å². The lowest BCUT2D eigenvalue weighted by molar-refractivity contribution is 0.169. The van der Waals surface area contributed by atoms with Gasteiger partial charge in [0.2, 0.25) is 0 Å². The smallest absolute Gasteiger partial charge is 0.0494 e. The zero-order chi connectivity index (χ0) is 9.68. The fourth-order valence-electron chi connectivity index (χ4n) is 2.12. The predicted octanol–water partition coefficient (Wildman–Crippen LogP) is 1.72. The molecule has 76 valence electrons. The molecule has 0 aromatic heterocycles. The Balaban J connectivity index is 2.55. The highest BCUT2D eigenvalue weighted by molar-refractivity contribution is 5.09. The van der Waals surface area contributed by atoms with Crippen LogP contribution in [-0.4, -0.2) is 23.4 Å². The average molecular weight is 184 g/mol. The van der Waals surface area contributed by atoms with E-state index in [1.807, 2.05) is 0 Å². The molecule has 1 aliphatic rings. The van der Waals surface area contributed by atoms with Crippen molar-refractivity contribution in [1.82, 2.24) is 0 Å². The van der Waals surface area contributed by atoms with E-state index in [1.54, 1.807) is 0 Å². The Kier molecular flexibility index (Phi) is 4.46. The summed E-state index contributed by atoms with van der Waals surface area (Å²) in [5.74, 6) is 0.663. The van der Waals surface area contributed by atoms with Gasteiger partial charge in [-0.15, -0.1) is 0 Å². The minimum absolute atomic E-state index is 0.226. The summed E-state index contributed by atoms with van der Waals surface area (Å²) < 4.78 is 0. The highest BCUT2D eigenvalue weighted by Gasteiger charge is 2.20. The van der Waals surface area contributed by atoms with E-state index in [0.29, 0.717) is 5.92 Å². The molecule has 1 aliphatic carbocycles. The van der Waals surface area contributed by atoms with Crippen LogP contribution in [0.4, 0.5) is 0 Å². The maximum Gasteiger partial charge on any atom is 0.0494 e. The van der Waals surface area contributed by atoms with Gasteiger partial charge in [-0.3, -0.25) is 0 Å². The van der Waals surface area contributed by atoms with Crippen molar-refractivity contribution in [1.29, 1.82) is 0 Å². The fourth-order valence-corrected chi connectivity index (χ4v) is 2.12. The molecule has 0 fully saturated rings. The van der Waals surface area contributed by atoms with Crippen LogP contribution < -0.4 is 0 Å². The maximum absolute atomic E-state index is 9.08. The SMILES string of the molecule is CCCC1=C[C@@H](CO)C[C@@H](CO)C1. The molecular weight excluding hydrogens is 164 g/mol. The van der Waals surface area contributed by atoms with Crippen LogP contribution in [0, 0.1) is 11.8 Å². The molecule has 1 rings (SSSR count). The third-order valence-electron chi connectivity index (χ3n) is 2.72. The van der Waals surface area contributed by atoms with Crippen molar-refractivity contribution in [3.05, 3.63) is 11.6 Å². The molecule has 2 nitrogen and oxygen atoms in total. The fraction of sp³-hybridized carbons (Fsp3) is 0.818. The van der Waals surface area contributed by atoms with E-state index < -0.39 is 0 Å². The van der Waals surface area contributed by atoms with Gasteiger partial charge in [-0.05, 0) is 25.2 Å². The molecule has 0 heterocycles. The topological polar surface area (TPSA) is 40.5 Å². The van der Waals surface area contributed by atoms with Crippen LogP contribution in [0.15, 0.2) is 11.6 Å². The van der Waals surface area contributed by atoms with Crippen molar-refractivity contribution >= 4 is 0 Å². The largest absolute Gasteiger partial charge is 0.396 e. The van der Waals surface area contributed by atoms with Crippen LogP contribution >= 0.6 is 0 Å². The lowest BCUT2D eigenvalue weighted by Gasteiger charge is -2.26. The summed E-state index contributed by atoms with van der Waals surface area (Å²) in [5, 5.41) is 18.1. The molecule has 2 N–H and O–H groups in total. The van der Waals surface area contributed by atoms with Gasteiger partial charge in [0.25, 0.3) is 0 Å². The van der Waals surface area contributed by atoms with Crippen molar-refractivity contribution in [2.75, 3.05) is 13.2 Å². The summed E-state index contributed by atoms with van der Waals surface area (Å²) in [6.07, 6.45) is 6.45. The van der Waals surface area contributed by atoms with Crippen LogP contribution in [0.3, 0.4) is 0 Å². The second kappa shape index (κ2) is 5.40. The van der Waals surface area contributed by atoms with Gasteiger partial charge in [-0.1, -0.05) is 25.0 Å². The molecule has 0 unspecified atom stereocenters. The Morgan fingerprint density at radius 1 is 1.38 bits per heavy atom. The molecule has 0 amide bonds. The Hall–Kier alpha value is -0.340. The number of rotatable bonds is 4. The van der Waals surface area contributed by atoms with E-state index in [1.165, 1.54) is 5.57 Å². The van der Waals surface area contributed by atoms with Crippen molar-refractivity contribution in [3.63, 3.8) is 0 Å². The van der Waals surface area contributed by atoms with Gasteiger partial charge in [0.15, 0.2) is 0 Å². The lowest BCUT2D eigenvalue weighted by atomic mass is 9.82. The second-order valence-corrected chi connectivity index (χ2v) is 4.01. The normalized spacial score (nSPS) is 28.7. The van der Waals surface area contributed by atoms with E-state index in [2.05, 4.69) is 13.0 Å². The first-order valence-corrected chi connectivity index (χ1v) is 5.21. The quantitative estimate of drug-likeness (QED) is 0.653. The van der Waals surface area contributed by atoms with Gasteiger partial charge in [0.1, 0.15) is 0 Å². The van der Waals surface area contributed by atoms with Gasteiger partial charge in [-0.25, -0.2) is 0 Å². The van der Waals surface area contributed by atoms with Crippen LogP contribution in [0.2, 0.25) is 0 Å². The Bertz CT molecular complexity index is 175. The summed E-state index contributed by atoms with van der Waals surface area (Å²) in [6, 6.07) is 0. The number of hydrogen-bond donors (Lipinski definition) is 2. The lowest BCUT2D eigenvalue weighted by Crippen LogP contribution is -2.19. The molecule has 0 bridgehead atoms. The van der Waals surface area contributed by atoms with Gasteiger partial charge < -0.3 is 10.2 Å². The molecule has 0 radical (unpaired) electrons. The standard InChI is InChI=1S/C11H20O2/c1-2-3-9-4-10(7-12)6-11(5-9)8-13/h4,10-13H,2-3,5-8H2,1H3/t10-,11+/m1/s1. The van der Waals surface area contributed by atoms with E-state index in [4.69, 9.17) is 10.2 Å². The summed E-state index contributed by atoms with van der Waals surface area (Å²) in [6.45, 7) is 2.65. The van der Waals surface area contributed by atoms with Crippen molar-refractivity contribution in [3.8, 4) is 0 Å². The Morgan fingerprint density at radius 2 is 2.15 bits per heavy atom. The Labute approximate surface area is 80.3 Å². The first kappa shape index (κ1) is 10.7. The summed E-state index contributed by atoms with van der Waals surface area (Å²) in [7, 11) is 0. The van der Waals surface area contributed by atoms with E-state index in [-0.39, 0.29) is 19.1 Å². The molecule has 0 aliphatic heterocycles. The van der Waals surface area contributed by atoms with Crippen LogP contribution in [-0.2, 0) is 0 Å². The molecule has 13 heavy (non-hydrogen) atoms. The Morgan fingerprint density at radius 3 is 2.69 bits per heavy atom. The monoisotopic (exact) mass is 184 g/mol. The molecule has 0 saturated heterocycles. The van der Waals surface area contributed by atoms with Gasteiger partial charge in [0.05, 0.1) is 0 Å². The molecule has 0 aromatic rings. The van der Waals surface area contributed by atoms with Crippen molar-refractivity contribution in [2.24, 2.45) is 11.8 Å². The molecule has 0 spiro atoms. The van der Waals surface area contributed by atoms with Crippen molar-refractivity contribution < 1.29 is 10.2 Å². The van der Waals surface area contributed by atoms with E-state index in [9.17, 15) is 0 Å². The van der Waals surface area contributed by atoms with Crippen LogP contribution in [0.25, 0.3) is 0 Å². The number of aliphatic hydroxyl groups is 2. The molecular formula is C11H20O2. The highest BCUT2D eigenvalue weighted by Crippen LogP contribution is 2.29. The number of aliphatic hydroxyl groups excluding tert-OH is 2. The first-order chi connectivity index (χ1) is 6.30. The summed E-state index contributed by atoms with van der Waals surface area (Å²) in [5.41, 5.74) is 1.42. The summed E-state index contributed by atoms with van der Waals surface area (Å²) >= 11 is 0. The molecule has 2 heteroatoms. The highest BCUT2D eigenvalue weighted by atomic mass is 16.3. The van der Waals surface area contributed by atoms with Crippen LogP contribution in [0.5, 0.6) is 0 Å². The van der Waals surface area contributed by atoms with Crippen molar-refractivity contribution in [2.45, 2.75) is 32.6 Å². The zero-order valence-electron chi connectivity index (χ0n) is 8.37. The maximum atomic E-state index is 9.08. The van der Waals surface area contributed by atoms with Gasteiger partial charge in [-0.2, -0.15) is 0 Å². The minimum atomic E-state index is 0.226. The summed E-state index contributed by atoms with van der Waals surface area (Å²) in [4.78, 5) is 0.